The van der Waals surface area contributed by atoms with Crippen LogP contribution in [0.5, 0.6) is 0 Å². The second kappa shape index (κ2) is 11.0. The number of aliphatic imine (C=N–C) groups is 2. The van der Waals surface area contributed by atoms with Gasteiger partial charge in [-0.15, -0.1) is 0 Å². The van der Waals surface area contributed by atoms with E-state index in [1.807, 2.05) is 18.2 Å². The van der Waals surface area contributed by atoms with Crippen molar-refractivity contribution in [2.75, 3.05) is 13.2 Å². The summed E-state index contributed by atoms with van der Waals surface area (Å²) in [7, 11) is 0. The number of hydrogen-bond acceptors (Lipinski definition) is 5. The molecule has 0 amide bonds. The Hall–Kier alpha value is -0.534. The number of hydrogen-bond donors (Lipinski definition) is 0. The molecule has 0 aromatic carbocycles. The summed E-state index contributed by atoms with van der Waals surface area (Å²) in [6.07, 6.45) is 0. The summed E-state index contributed by atoms with van der Waals surface area (Å²) in [5.74, 6) is 1.23. The van der Waals surface area contributed by atoms with Crippen LogP contribution in [-0.4, -0.2) is 42.1 Å². The molecule has 28 heavy (non-hydrogen) atoms. The van der Waals surface area contributed by atoms with Crippen LogP contribution in [-0.2, 0) is 26.3 Å². The molecule has 3 rings (SSSR count). The summed E-state index contributed by atoms with van der Waals surface area (Å²) in [5.41, 5.74) is 1.64. The monoisotopic (exact) mass is 493 g/mol. The molecule has 2 aliphatic heterocycles. The van der Waals surface area contributed by atoms with Crippen molar-refractivity contribution in [2.45, 2.75) is 53.6 Å². The molecule has 0 bridgehead atoms. The van der Waals surface area contributed by atoms with E-state index in [4.69, 9.17) is 19.5 Å². The maximum Gasteiger partial charge on any atom is 3.00 e. The molecule has 1 aromatic rings. The third-order valence-corrected chi connectivity index (χ3v) is 4.49. The second-order valence-corrected chi connectivity index (χ2v) is 8.66. The molecule has 0 saturated heterocycles. The number of pyridine rings is 1. The molecule has 160 valence electrons. The molecular weight excluding hydrogens is 468 g/mol. The molecule has 0 fully saturated rings. The van der Waals surface area contributed by atoms with Crippen LogP contribution in [0.25, 0.3) is 0 Å². The van der Waals surface area contributed by atoms with Gasteiger partial charge in [0.15, 0.2) is 0 Å². The van der Waals surface area contributed by atoms with Gasteiger partial charge in [0.2, 0.25) is 11.8 Å². The van der Waals surface area contributed by atoms with Gasteiger partial charge in [-0.05, 0) is 23.0 Å². The largest absolute Gasteiger partial charge is 3.00 e. The van der Waals surface area contributed by atoms with Crippen molar-refractivity contribution in [1.82, 2.24) is 4.98 Å². The Labute approximate surface area is 197 Å². The summed E-state index contributed by atoms with van der Waals surface area (Å²) in [4.78, 5) is 14.1. The first kappa shape index (κ1) is 29.7. The number of aromatic nitrogens is 1. The van der Waals surface area contributed by atoms with Crippen LogP contribution in [0.15, 0.2) is 28.2 Å². The van der Waals surface area contributed by atoms with E-state index in [2.05, 4.69) is 46.5 Å². The average molecular weight is 495 g/mol. The molecule has 0 spiro atoms. The van der Waals surface area contributed by atoms with Crippen LogP contribution in [0.4, 0.5) is 0 Å². The summed E-state index contributed by atoms with van der Waals surface area (Å²) >= 11 is 0. The van der Waals surface area contributed by atoms with E-state index in [0.717, 1.165) is 11.4 Å². The van der Waals surface area contributed by atoms with E-state index in [0.29, 0.717) is 25.0 Å². The molecule has 0 aliphatic carbocycles. The molecule has 2 atom stereocenters. The minimum absolute atomic E-state index is 0. The van der Waals surface area contributed by atoms with E-state index in [-0.39, 0.29) is 76.9 Å². The van der Waals surface area contributed by atoms with Crippen LogP contribution < -0.4 is 37.2 Å². The minimum Gasteiger partial charge on any atom is -1.00 e. The normalized spacial score (nSPS) is 20.8. The first-order valence-electron chi connectivity index (χ1n) is 8.53. The maximum atomic E-state index is 5.78. The molecule has 2 unspecified atom stereocenters. The molecule has 2 aliphatic rings. The Morgan fingerprint density at radius 2 is 1.11 bits per heavy atom. The molecule has 0 saturated carbocycles. The van der Waals surface area contributed by atoms with Gasteiger partial charge in [0, 0.05) is 0 Å². The van der Waals surface area contributed by atoms with Gasteiger partial charge in [-0.25, -0.2) is 15.0 Å². The van der Waals surface area contributed by atoms with Gasteiger partial charge in [0.1, 0.15) is 24.6 Å². The summed E-state index contributed by atoms with van der Waals surface area (Å²) in [6, 6.07) is 6.10. The quantitative estimate of drug-likeness (QED) is 0.412. The molecular formula is C19H27Cl3CoN3O2. The second-order valence-electron chi connectivity index (χ2n) is 8.66. The van der Waals surface area contributed by atoms with E-state index in [1.54, 1.807) is 0 Å². The Balaban J connectivity index is 0. The van der Waals surface area contributed by atoms with Gasteiger partial charge in [-0.1, -0.05) is 47.6 Å². The third kappa shape index (κ3) is 6.77. The number of ether oxygens (including phenoxy) is 2. The Kier molecular flexibility index (Phi) is 11.7. The summed E-state index contributed by atoms with van der Waals surface area (Å²) < 4.78 is 11.6. The molecule has 1 aromatic heterocycles. The molecule has 0 radical (unpaired) electrons. The zero-order valence-electron chi connectivity index (χ0n) is 16.9. The van der Waals surface area contributed by atoms with Crippen LogP contribution in [0.1, 0.15) is 52.9 Å². The van der Waals surface area contributed by atoms with Crippen molar-refractivity contribution in [1.29, 1.82) is 0 Å². The molecule has 3 heterocycles. The van der Waals surface area contributed by atoms with Gasteiger partial charge < -0.3 is 46.7 Å². The zero-order valence-corrected chi connectivity index (χ0v) is 20.2. The van der Waals surface area contributed by atoms with Crippen LogP contribution in [0.2, 0.25) is 0 Å². The Bertz CT molecular complexity index is 645. The first-order chi connectivity index (χ1) is 11.1. The van der Waals surface area contributed by atoms with Crippen LogP contribution in [0, 0.1) is 10.8 Å². The van der Waals surface area contributed by atoms with Crippen molar-refractivity contribution in [3.05, 3.63) is 29.6 Å². The fraction of sp³-hybridized carbons (Fsp3) is 0.632. The smallest absolute Gasteiger partial charge is 1.00 e. The van der Waals surface area contributed by atoms with Gasteiger partial charge in [0.05, 0.1) is 12.1 Å². The fourth-order valence-corrected chi connectivity index (χ4v) is 2.59. The van der Waals surface area contributed by atoms with E-state index in [1.165, 1.54) is 0 Å². The van der Waals surface area contributed by atoms with Gasteiger partial charge >= 0.3 is 16.8 Å². The van der Waals surface area contributed by atoms with Crippen molar-refractivity contribution < 1.29 is 63.5 Å². The molecule has 0 N–H and O–H groups in total. The fourth-order valence-electron chi connectivity index (χ4n) is 2.59. The number of rotatable bonds is 2. The van der Waals surface area contributed by atoms with Gasteiger partial charge in [-0.3, -0.25) is 0 Å². The zero-order chi connectivity index (χ0) is 17.5. The summed E-state index contributed by atoms with van der Waals surface area (Å²) in [5, 5.41) is 0. The van der Waals surface area contributed by atoms with Crippen molar-refractivity contribution in [3.63, 3.8) is 0 Å². The van der Waals surface area contributed by atoms with Crippen LogP contribution >= 0.6 is 0 Å². The molecule has 9 heteroatoms. The van der Waals surface area contributed by atoms with Crippen LogP contribution in [0.3, 0.4) is 0 Å². The maximum absolute atomic E-state index is 5.78. The minimum atomic E-state index is 0. The van der Waals surface area contributed by atoms with E-state index in [9.17, 15) is 0 Å². The SMILES string of the molecule is CC(C)(C)C1COC(c2cccc(C3=NC(C(C)(C)C)CO3)n2)=N1.[Cl-].[Cl-].[Cl-].[Co+3]. The number of halogens is 3. The van der Waals surface area contributed by atoms with E-state index >= 15 is 0 Å². The Morgan fingerprint density at radius 1 is 0.750 bits per heavy atom. The Morgan fingerprint density at radius 3 is 1.39 bits per heavy atom. The van der Waals surface area contributed by atoms with Crippen molar-refractivity contribution in [3.8, 4) is 0 Å². The number of nitrogens with zero attached hydrogens (tertiary/aromatic N) is 3. The van der Waals surface area contributed by atoms with Crippen molar-refractivity contribution in [2.24, 2.45) is 20.8 Å². The standard InChI is InChI=1S/C19H27N3O2.3ClH.Co/c1-18(2,3)14-10-23-16(21-14)12-8-7-9-13(20-12)17-22-15(11-24-17)19(4,5)6;;;;/h7-9,14-15H,10-11H2,1-6H3;3*1H;/q;;;;+3/p-3. The third-order valence-electron chi connectivity index (χ3n) is 4.49. The average Bonchev–Trinajstić information content (AvgIpc) is 3.16. The van der Waals surface area contributed by atoms with Gasteiger partial charge in [-0.2, -0.15) is 0 Å². The first-order valence-corrected chi connectivity index (χ1v) is 8.53. The molecule has 5 nitrogen and oxygen atoms in total. The topological polar surface area (TPSA) is 56.1 Å². The van der Waals surface area contributed by atoms with Crippen molar-refractivity contribution >= 4 is 11.8 Å². The van der Waals surface area contributed by atoms with E-state index < -0.39 is 0 Å². The predicted molar refractivity (Wildman–Crippen MR) is 95.7 cm³/mol. The van der Waals surface area contributed by atoms with Gasteiger partial charge in [0.25, 0.3) is 0 Å². The summed E-state index contributed by atoms with van der Waals surface area (Å²) in [6.45, 7) is 14.2. The predicted octanol–water partition coefficient (Wildman–Crippen LogP) is -5.53.